The molecule has 9 heteroatoms. The van der Waals surface area contributed by atoms with Crippen molar-refractivity contribution in [2.24, 2.45) is 0 Å². The Morgan fingerprint density at radius 1 is 1.06 bits per heavy atom. The zero-order valence-electron chi connectivity index (χ0n) is 17.9. The molecule has 1 fully saturated rings. The number of furan rings is 1. The predicted octanol–water partition coefficient (Wildman–Crippen LogP) is 5.54. The first-order valence-corrected chi connectivity index (χ1v) is 10.6. The molecule has 0 radical (unpaired) electrons. The van der Waals surface area contributed by atoms with Crippen LogP contribution in [-0.4, -0.2) is 31.0 Å². The third-order valence-electron chi connectivity index (χ3n) is 5.32. The highest BCUT2D eigenvalue weighted by Gasteiger charge is 2.48. The number of carbonyl (C=O) groups is 2. The van der Waals surface area contributed by atoms with Crippen LogP contribution in [0.3, 0.4) is 0 Å². The van der Waals surface area contributed by atoms with E-state index in [9.17, 15) is 14.7 Å². The van der Waals surface area contributed by atoms with Gasteiger partial charge >= 0.3 is 0 Å². The van der Waals surface area contributed by atoms with Crippen molar-refractivity contribution in [1.82, 2.24) is 0 Å². The quantitative estimate of drug-likeness (QED) is 0.288. The number of aliphatic hydroxyl groups is 1. The van der Waals surface area contributed by atoms with Gasteiger partial charge in [0, 0.05) is 5.69 Å². The molecule has 3 aromatic rings. The fourth-order valence-electron chi connectivity index (χ4n) is 3.88. The maximum atomic E-state index is 13.2. The second-order valence-corrected chi connectivity index (χ2v) is 8.15. The van der Waals surface area contributed by atoms with Gasteiger partial charge in [-0.1, -0.05) is 23.2 Å². The third kappa shape index (κ3) is 3.83. The van der Waals surface area contributed by atoms with Crippen LogP contribution in [-0.2, 0) is 9.59 Å². The van der Waals surface area contributed by atoms with Crippen molar-refractivity contribution in [2.45, 2.75) is 13.0 Å². The van der Waals surface area contributed by atoms with E-state index in [0.717, 1.165) is 5.56 Å². The van der Waals surface area contributed by atoms with Crippen LogP contribution >= 0.6 is 23.2 Å². The summed E-state index contributed by atoms with van der Waals surface area (Å²) in [5, 5.41) is 11.8. The standard InChI is InChI=1S/C24H19Cl2NO6/c1-12-9-14(23(32-3)16(26)10-12)21(28)19-20(18-5-4-8-33-18)27(24(30)22(19)29)13-6-7-17(31-2)15(25)11-13/h4-11,20,28H,1-3H3/b21-19-. The minimum Gasteiger partial charge on any atom is -0.507 e. The predicted molar refractivity (Wildman–Crippen MR) is 124 cm³/mol. The number of benzene rings is 2. The van der Waals surface area contributed by atoms with E-state index < -0.39 is 23.5 Å². The molecule has 4 rings (SSSR count). The molecule has 1 saturated heterocycles. The average Bonchev–Trinajstić information content (AvgIpc) is 3.40. The number of methoxy groups -OCH3 is 2. The number of ether oxygens (including phenoxy) is 2. The smallest absolute Gasteiger partial charge is 0.300 e. The maximum absolute atomic E-state index is 13.2. The van der Waals surface area contributed by atoms with E-state index in [1.54, 1.807) is 43.3 Å². The van der Waals surface area contributed by atoms with Crippen molar-refractivity contribution < 1.29 is 28.6 Å². The fourth-order valence-corrected chi connectivity index (χ4v) is 4.48. The Morgan fingerprint density at radius 3 is 2.42 bits per heavy atom. The van der Waals surface area contributed by atoms with Gasteiger partial charge in [0.05, 0.1) is 41.7 Å². The first kappa shape index (κ1) is 22.8. The lowest BCUT2D eigenvalue weighted by Crippen LogP contribution is -2.29. The fraction of sp³-hybridized carbons (Fsp3) is 0.167. The van der Waals surface area contributed by atoms with E-state index in [2.05, 4.69) is 0 Å². The summed E-state index contributed by atoms with van der Waals surface area (Å²) < 4.78 is 16.1. The number of carbonyl (C=O) groups excluding carboxylic acids is 2. The summed E-state index contributed by atoms with van der Waals surface area (Å²) in [6.45, 7) is 1.78. The molecule has 2 aromatic carbocycles. The normalized spacial score (nSPS) is 17.5. The van der Waals surface area contributed by atoms with Gasteiger partial charge in [0.15, 0.2) is 0 Å². The summed E-state index contributed by atoms with van der Waals surface area (Å²) in [4.78, 5) is 27.6. The Kier molecular flexibility index (Phi) is 6.10. The largest absolute Gasteiger partial charge is 0.507 e. The van der Waals surface area contributed by atoms with Crippen LogP contribution in [0.15, 0.2) is 58.7 Å². The van der Waals surface area contributed by atoms with Gasteiger partial charge in [0.2, 0.25) is 0 Å². The van der Waals surface area contributed by atoms with Crippen LogP contribution in [0, 0.1) is 6.92 Å². The van der Waals surface area contributed by atoms with E-state index in [1.165, 1.54) is 31.4 Å². The number of ketones is 1. The molecule has 33 heavy (non-hydrogen) atoms. The van der Waals surface area contributed by atoms with Gasteiger partial charge in [-0.05, 0) is 55.0 Å². The van der Waals surface area contributed by atoms with Gasteiger partial charge in [-0.15, -0.1) is 0 Å². The van der Waals surface area contributed by atoms with Gasteiger partial charge in [0.25, 0.3) is 11.7 Å². The van der Waals surface area contributed by atoms with Gasteiger partial charge in [-0.2, -0.15) is 0 Å². The summed E-state index contributed by atoms with van der Waals surface area (Å²) in [5.74, 6) is -1.31. The highest BCUT2D eigenvalue weighted by atomic mass is 35.5. The molecule has 170 valence electrons. The lowest BCUT2D eigenvalue weighted by molar-refractivity contribution is -0.132. The molecule has 0 spiro atoms. The summed E-state index contributed by atoms with van der Waals surface area (Å²) in [5.41, 5.74) is 1.08. The number of hydrogen-bond donors (Lipinski definition) is 1. The Morgan fingerprint density at radius 2 is 1.82 bits per heavy atom. The molecular weight excluding hydrogens is 469 g/mol. The lowest BCUT2D eigenvalue weighted by Gasteiger charge is -2.24. The maximum Gasteiger partial charge on any atom is 0.300 e. The lowest BCUT2D eigenvalue weighted by atomic mass is 9.97. The number of hydrogen-bond acceptors (Lipinski definition) is 6. The van der Waals surface area contributed by atoms with Crippen LogP contribution in [0.25, 0.3) is 5.76 Å². The first-order valence-electron chi connectivity index (χ1n) is 9.81. The van der Waals surface area contributed by atoms with Crippen molar-refractivity contribution in [1.29, 1.82) is 0 Å². The SMILES string of the molecule is COc1ccc(N2C(=O)C(=O)/C(=C(\O)c3cc(C)cc(Cl)c3OC)C2c2ccco2)cc1Cl. The molecule has 0 aliphatic carbocycles. The Hall–Kier alpha value is -3.42. The van der Waals surface area contributed by atoms with Crippen molar-refractivity contribution >= 4 is 46.3 Å². The highest BCUT2D eigenvalue weighted by Crippen LogP contribution is 2.45. The number of aryl methyl sites for hydroxylation is 1. The molecule has 2 heterocycles. The third-order valence-corrected chi connectivity index (χ3v) is 5.89. The van der Waals surface area contributed by atoms with E-state index in [1.807, 2.05) is 0 Å². The van der Waals surface area contributed by atoms with Crippen LogP contribution in [0.4, 0.5) is 5.69 Å². The van der Waals surface area contributed by atoms with E-state index in [-0.39, 0.29) is 32.7 Å². The minimum absolute atomic E-state index is 0.165. The molecule has 1 aliphatic rings. The Bertz CT molecular complexity index is 1280. The molecule has 1 aliphatic heterocycles. The van der Waals surface area contributed by atoms with Crippen LogP contribution < -0.4 is 14.4 Å². The van der Waals surface area contributed by atoms with Crippen molar-refractivity contribution in [3.63, 3.8) is 0 Å². The van der Waals surface area contributed by atoms with Gasteiger partial charge < -0.3 is 19.0 Å². The monoisotopic (exact) mass is 487 g/mol. The zero-order chi connectivity index (χ0) is 23.9. The minimum atomic E-state index is -1.05. The summed E-state index contributed by atoms with van der Waals surface area (Å²) in [6.07, 6.45) is 1.42. The number of aliphatic hydroxyl groups excluding tert-OH is 1. The van der Waals surface area contributed by atoms with Crippen molar-refractivity contribution in [3.05, 3.63) is 81.2 Å². The highest BCUT2D eigenvalue weighted by molar-refractivity contribution is 6.52. The Labute approximate surface area is 199 Å². The van der Waals surface area contributed by atoms with Crippen LogP contribution in [0.1, 0.15) is 22.9 Å². The first-order chi connectivity index (χ1) is 15.8. The number of nitrogens with zero attached hydrogens (tertiary/aromatic N) is 1. The molecule has 1 unspecified atom stereocenters. The number of halogens is 2. The van der Waals surface area contributed by atoms with Crippen LogP contribution in [0.2, 0.25) is 10.0 Å². The number of amides is 1. The number of anilines is 1. The molecular formula is C24H19Cl2NO6. The molecule has 0 bridgehead atoms. The topological polar surface area (TPSA) is 89.2 Å². The Balaban J connectivity index is 1.97. The number of rotatable bonds is 5. The van der Waals surface area contributed by atoms with Crippen molar-refractivity contribution in [2.75, 3.05) is 19.1 Å². The van der Waals surface area contributed by atoms with E-state index >= 15 is 0 Å². The van der Waals surface area contributed by atoms with Gasteiger partial charge in [-0.3, -0.25) is 14.5 Å². The van der Waals surface area contributed by atoms with Crippen LogP contribution in [0.5, 0.6) is 11.5 Å². The summed E-state index contributed by atoms with van der Waals surface area (Å²) in [6, 6.07) is 10.2. The summed E-state index contributed by atoms with van der Waals surface area (Å²) in [7, 11) is 2.87. The van der Waals surface area contributed by atoms with Gasteiger partial charge in [0.1, 0.15) is 29.1 Å². The molecule has 1 aromatic heterocycles. The van der Waals surface area contributed by atoms with Gasteiger partial charge in [-0.25, -0.2) is 0 Å². The van der Waals surface area contributed by atoms with Crippen molar-refractivity contribution in [3.8, 4) is 11.5 Å². The van der Waals surface area contributed by atoms with E-state index in [0.29, 0.717) is 11.4 Å². The molecule has 1 amide bonds. The summed E-state index contributed by atoms with van der Waals surface area (Å²) >= 11 is 12.6. The zero-order valence-corrected chi connectivity index (χ0v) is 19.4. The molecule has 7 nitrogen and oxygen atoms in total. The second kappa shape index (κ2) is 8.84. The average molecular weight is 488 g/mol. The van der Waals surface area contributed by atoms with E-state index in [4.69, 9.17) is 37.1 Å². The molecule has 1 atom stereocenters. The number of Topliss-reactive ketones (excluding diaryl/α,β-unsaturated/α-hetero) is 1. The molecule has 1 N–H and O–H groups in total. The second-order valence-electron chi connectivity index (χ2n) is 7.33. The molecule has 0 saturated carbocycles.